The zero-order chi connectivity index (χ0) is 9.47. The molecule has 1 aliphatic carbocycles. The van der Waals surface area contributed by atoms with Crippen LogP contribution in [-0.2, 0) is 5.54 Å². The molecule has 0 spiro atoms. The first-order valence-corrected chi connectivity index (χ1v) is 4.83. The molecule has 2 N–H and O–H groups in total. The molecule has 2 heteroatoms. The van der Waals surface area contributed by atoms with E-state index >= 15 is 0 Å². The van der Waals surface area contributed by atoms with Crippen LogP contribution in [0.1, 0.15) is 43.9 Å². The highest BCUT2D eigenvalue weighted by atomic mass is 14.7. The van der Waals surface area contributed by atoms with Gasteiger partial charge in [-0.25, -0.2) is 0 Å². The van der Waals surface area contributed by atoms with E-state index in [1.54, 1.807) is 0 Å². The summed E-state index contributed by atoms with van der Waals surface area (Å²) in [6.45, 7) is 4.00. The van der Waals surface area contributed by atoms with Gasteiger partial charge < -0.3 is 5.73 Å². The van der Waals surface area contributed by atoms with Crippen molar-refractivity contribution in [2.75, 3.05) is 0 Å². The minimum Gasteiger partial charge on any atom is -0.322 e. The fourth-order valence-electron chi connectivity index (χ4n) is 1.41. The monoisotopic (exact) mass is 176 g/mol. The standard InChI is InChI=1S/C11H16N2/c1-11(2,12)9-5-6-10(13-7-9)8-3-4-8/h5-8H,3-4,12H2,1-2H3. The second kappa shape index (κ2) is 2.81. The number of aromatic nitrogens is 1. The molecule has 2 rings (SSSR count). The Bertz CT molecular complexity index is 291. The third kappa shape index (κ3) is 1.89. The van der Waals surface area contributed by atoms with Gasteiger partial charge in [0.15, 0.2) is 0 Å². The van der Waals surface area contributed by atoms with E-state index in [0.29, 0.717) is 0 Å². The smallest absolute Gasteiger partial charge is 0.0434 e. The molecule has 0 aliphatic heterocycles. The SMILES string of the molecule is CC(C)(N)c1ccc(C2CC2)nc1. The molecule has 0 atom stereocenters. The third-order valence-electron chi connectivity index (χ3n) is 2.53. The normalized spacial score (nSPS) is 17.5. The highest BCUT2D eigenvalue weighted by Gasteiger charge is 2.25. The largest absolute Gasteiger partial charge is 0.322 e. The average molecular weight is 176 g/mol. The molecular weight excluding hydrogens is 160 g/mol. The summed E-state index contributed by atoms with van der Waals surface area (Å²) in [7, 11) is 0. The van der Waals surface area contributed by atoms with Crippen LogP contribution in [-0.4, -0.2) is 4.98 Å². The second-order valence-electron chi connectivity index (χ2n) is 4.47. The van der Waals surface area contributed by atoms with Gasteiger partial charge in [-0.15, -0.1) is 0 Å². The molecule has 0 unspecified atom stereocenters. The molecule has 1 aromatic rings. The molecule has 0 bridgehead atoms. The first-order chi connectivity index (χ1) is 6.07. The molecule has 1 heterocycles. The highest BCUT2D eigenvalue weighted by molar-refractivity contribution is 5.24. The first-order valence-electron chi connectivity index (χ1n) is 4.83. The maximum absolute atomic E-state index is 5.96. The van der Waals surface area contributed by atoms with E-state index in [9.17, 15) is 0 Å². The number of rotatable bonds is 2. The molecule has 1 fully saturated rings. The van der Waals surface area contributed by atoms with Gasteiger partial charge in [-0.1, -0.05) is 6.07 Å². The van der Waals surface area contributed by atoms with Crippen LogP contribution in [0, 0.1) is 0 Å². The lowest BCUT2D eigenvalue weighted by molar-refractivity contribution is 0.551. The van der Waals surface area contributed by atoms with E-state index in [1.165, 1.54) is 18.5 Å². The maximum Gasteiger partial charge on any atom is 0.0434 e. The molecular formula is C11H16N2. The van der Waals surface area contributed by atoms with E-state index in [4.69, 9.17) is 5.73 Å². The predicted molar refractivity (Wildman–Crippen MR) is 53.4 cm³/mol. The fourth-order valence-corrected chi connectivity index (χ4v) is 1.41. The summed E-state index contributed by atoms with van der Waals surface area (Å²) in [6.07, 6.45) is 4.52. The summed E-state index contributed by atoms with van der Waals surface area (Å²) in [5.74, 6) is 0.731. The Morgan fingerprint density at radius 3 is 2.46 bits per heavy atom. The van der Waals surface area contributed by atoms with E-state index in [2.05, 4.69) is 17.1 Å². The molecule has 0 radical (unpaired) electrons. The zero-order valence-corrected chi connectivity index (χ0v) is 8.25. The van der Waals surface area contributed by atoms with Crippen LogP contribution in [0.2, 0.25) is 0 Å². The lowest BCUT2D eigenvalue weighted by Gasteiger charge is -2.18. The van der Waals surface area contributed by atoms with Crippen LogP contribution < -0.4 is 5.73 Å². The van der Waals surface area contributed by atoms with Crippen molar-refractivity contribution in [3.05, 3.63) is 29.6 Å². The molecule has 13 heavy (non-hydrogen) atoms. The van der Waals surface area contributed by atoms with Gasteiger partial charge in [-0.2, -0.15) is 0 Å². The number of hydrogen-bond donors (Lipinski definition) is 1. The van der Waals surface area contributed by atoms with E-state index < -0.39 is 0 Å². The summed E-state index contributed by atoms with van der Waals surface area (Å²) in [5, 5.41) is 0. The quantitative estimate of drug-likeness (QED) is 0.750. The molecule has 0 amide bonds. The Labute approximate surface area is 79.2 Å². The predicted octanol–water partition coefficient (Wildman–Crippen LogP) is 2.15. The van der Waals surface area contributed by atoms with Gasteiger partial charge in [0.25, 0.3) is 0 Å². The molecule has 1 aromatic heterocycles. The maximum atomic E-state index is 5.96. The lowest BCUT2D eigenvalue weighted by Crippen LogP contribution is -2.28. The molecule has 0 aromatic carbocycles. The topological polar surface area (TPSA) is 38.9 Å². The number of hydrogen-bond acceptors (Lipinski definition) is 2. The lowest BCUT2D eigenvalue weighted by atomic mass is 9.97. The molecule has 1 aliphatic rings. The summed E-state index contributed by atoms with van der Waals surface area (Å²) in [4.78, 5) is 4.43. The van der Waals surface area contributed by atoms with Gasteiger partial charge in [-0.05, 0) is 38.3 Å². The number of pyridine rings is 1. The first kappa shape index (κ1) is 8.70. The Morgan fingerprint density at radius 2 is 2.08 bits per heavy atom. The van der Waals surface area contributed by atoms with Gasteiger partial charge in [0, 0.05) is 23.3 Å². The van der Waals surface area contributed by atoms with Crippen molar-refractivity contribution in [1.29, 1.82) is 0 Å². The van der Waals surface area contributed by atoms with Crippen LogP contribution in [0.4, 0.5) is 0 Å². The van der Waals surface area contributed by atoms with Crippen molar-refractivity contribution in [2.24, 2.45) is 5.73 Å². The Balaban J connectivity index is 2.22. The third-order valence-corrected chi connectivity index (χ3v) is 2.53. The Hall–Kier alpha value is -0.890. The second-order valence-corrected chi connectivity index (χ2v) is 4.47. The van der Waals surface area contributed by atoms with Gasteiger partial charge in [0.2, 0.25) is 0 Å². The molecule has 0 saturated heterocycles. The summed E-state index contributed by atoms with van der Waals surface area (Å²) < 4.78 is 0. The van der Waals surface area contributed by atoms with Crippen molar-refractivity contribution < 1.29 is 0 Å². The van der Waals surface area contributed by atoms with Crippen LogP contribution in [0.15, 0.2) is 18.3 Å². The minimum absolute atomic E-state index is 0.269. The summed E-state index contributed by atoms with van der Waals surface area (Å²) in [6, 6.07) is 4.21. The van der Waals surface area contributed by atoms with Gasteiger partial charge in [-0.3, -0.25) is 4.98 Å². The zero-order valence-electron chi connectivity index (χ0n) is 8.25. The van der Waals surface area contributed by atoms with Crippen LogP contribution >= 0.6 is 0 Å². The van der Waals surface area contributed by atoms with Crippen molar-refractivity contribution in [2.45, 2.75) is 38.1 Å². The van der Waals surface area contributed by atoms with Crippen molar-refractivity contribution >= 4 is 0 Å². The fraction of sp³-hybridized carbons (Fsp3) is 0.545. The van der Waals surface area contributed by atoms with E-state index in [0.717, 1.165) is 11.5 Å². The van der Waals surface area contributed by atoms with E-state index in [1.807, 2.05) is 20.0 Å². The highest BCUT2D eigenvalue weighted by Crippen LogP contribution is 2.38. The van der Waals surface area contributed by atoms with Crippen molar-refractivity contribution in [3.8, 4) is 0 Å². The van der Waals surface area contributed by atoms with Crippen LogP contribution in [0.5, 0.6) is 0 Å². The van der Waals surface area contributed by atoms with Crippen LogP contribution in [0.3, 0.4) is 0 Å². The molecule has 70 valence electrons. The van der Waals surface area contributed by atoms with E-state index in [-0.39, 0.29) is 5.54 Å². The minimum atomic E-state index is -0.269. The van der Waals surface area contributed by atoms with Gasteiger partial charge in [0.05, 0.1) is 0 Å². The van der Waals surface area contributed by atoms with Crippen molar-refractivity contribution in [1.82, 2.24) is 4.98 Å². The Morgan fingerprint density at radius 1 is 1.38 bits per heavy atom. The Kier molecular flexibility index (Phi) is 1.88. The average Bonchev–Trinajstić information content (AvgIpc) is 2.85. The van der Waals surface area contributed by atoms with Gasteiger partial charge in [0.1, 0.15) is 0 Å². The summed E-state index contributed by atoms with van der Waals surface area (Å²) >= 11 is 0. The number of nitrogens with zero attached hydrogens (tertiary/aromatic N) is 1. The molecule has 2 nitrogen and oxygen atoms in total. The summed E-state index contributed by atoms with van der Waals surface area (Å²) in [5.41, 5.74) is 8.03. The van der Waals surface area contributed by atoms with Crippen LogP contribution in [0.25, 0.3) is 0 Å². The van der Waals surface area contributed by atoms with Crippen molar-refractivity contribution in [3.63, 3.8) is 0 Å². The molecule has 1 saturated carbocycles. The number of nitrogens with two attached hydrogens (primary N) is 1. The van der Waals surface area contributed by atoms with Gasteiger partial charge >= 0.3 is 0 Å².